The van der Waals surface area contributed by atoms with Gasteiger partial charge >= 0.3 is 46.8 Å². The Morgan fingerprint density at radius 1 is 0.198 bits per heavy atom. The minimum Gasteiger partial charge on any atom is -0.550 e. The van der Waals surface area contributed by atoms with Gasteiger partial charge in [-0.05, 0) is 44.9 Å². The Hall–Kier alpha value is -0.769. The van der Waals surface area contributed by atoms with Gasteiger partial charge < -0.3 is 34.8 Å². The van der Waals surface area contributed by atoms with Crippen LogP contribution in [0.1, 0.15) is 439 Å². The number of aliphatic carboxylic acids is 4. The summed E-state index contributed by atoms with van der Waals surface area (Å²) in [7, 11) is 0. The zero-order valence-electron chi connectivity index (χ0n) is 55.1. The van der Waals surface area contributed by atoms with Crippen LogP contribution < -0.4 is 15.3 Å². The number of carboxylic acid groups (broad SMARTS) is 4. The fourth-order valence-electron chi connectivity index (χ4n) is 10.6. The number of carboxylic acids is 4. The van der Waals surface area contributed by atoms with Crippen LogP contribution in [0.2, 0.25) is 0 Å². The van der Waals surface area contributed by atoms with Crippen molar-refractivity contribution in [1.29, 1.82) is 0 Å². The van der Waals surface area contributed by atoms with Crippen LogP contribution in [-0.2, 0) is 19.2 Å². The van der Waals surface area contributed by atoms with Crippen molar-refractivity contribution in [2.75, 3.05) is 0 Å². The second-order valence-corrected chi connectivity index (χ2v) is 24.3. The average Bonchev–Trinajstić information content (AvgIpc) is 3.43. The quantitative estimate of drug-likeness (QED) is 0.0590. The van der Waals surface area contributed by atoms with Gasteiger partial charge in [-0.3, -0.25) is 4.79 Å². The third-order valence-electron chi connectivity index (χ3n) is 15.9. The molecule has 481 valence electrons. The van der Waals surface area contributed by atoms with E-state index in [0.29, 0.717) is 6.42 Å². The van der Waals surface area contributed by atoms with Crippen LogP contribution in [-0.4, -0.2) is 29.0 Å². The van der Waals surface area contributed by atoms with Gasteiger partial charge in [0.05, 0.1) is 0 Å². The number of carbonyl (C=O) groups excluding carboxylic acids is 3. The molecule has 0 fully saturated rings. The Morgan fingerprint density at radius 3 is 0.395 bits per heavy atom. The van der Waals surface area contributed by atoms with Crippen molar-refractivity contribution in [3.05, 3.63) is 0 Å². The van der Waals surface area contributed by atoms with Gasteiger partial charge in [0.25, 0.3) is 0 Å². The maximum atomic E-state index is 10.3. The van der Waals surface area contributed by atoms with Gasteiger partial charge in [0.2, 0.25) is 0 Å². The Balaban J connectivity index is -0.000000316. The molecular weight excluding hydrogens is 1140 g/mol. The van der Waals surface area contributed by atoms with E-state index in [4.69, 9.17) is 5.11 Å². The number of carbonyl (C=O) groups is 4. The molecule has 0 aliphatic heterocycles. The Bertz CT molecular complexity index is 990. The molecule has 0 saturated carbocycles. The van der Waals surface area contributed by atoms with Crippen LogP contribution in [0.25, 0.3) is 0 Å². The predicted molar refractivity (Wildman–Crippen MR) is 341 cm³/mol. The summed E-state index contributed by atoms with van der Waals surface area (Å²) >= 11 is 0. The second-order valence-electron chi connectivity index (χ2n) is 24.3. The van der Waals surface area contributed by atoms with E-state index < -0.39 is 23.9 Å². The monoisotopic (exact) mass is 1280 g/mol. The van der Waals surface area contributed by atoms with Crippen molar-refractivity contribution in [1.82, 2.24) is 0 Å². The molecule has 81 heavy (non-hydrogen) atoms. The maximum Gasteiger partial charge on any atom is 3.00 e. The topological polar surface area (TPSA) is 158 Å². The van der Waals surface area contributed by atoms with Gasteiger partial charge in [0.15, 0.2) is 0 Å². The van der Waals surface area contributed by atoms with Crippen LogP contribution in [0.4, 0.5) is 0 Å². The summed E-state index contributed by atoms with van der Waals surface area (Å²) < 4.78 is 0. The molecule has 0 aliphatic rings. The first-order valence-electron chi connectivity index (χ1n) is 35.9. The van der Waals surface area contributed by atoms with E-state index in [1.165, 1.54) is 334 Å². The van der Waals surface area contributed by atoms with Gasteiger partial charge in [-0.15, -0.1) is 0 Å². The smallest absolute Gasteiger partial charge is 0.550 e. The molecule has 0 aromatic heterocycles. The van der Waals surface area contributed by atoms with Crippen LogP contribution >= 0.6 is 0 Å². The van der Waals surface area contributed by atoms with E-state index >= 15 is 0 Å². The Labute approximate surface area is 539 Å². The van der Waals surface area contributed by atoms with Crippen LogP contribution in [0.5, 0.6) is 0 Å². The molecule has 0 aliphatic carbocycles. The summed E-state index contributed by atoms with van der Waals surface area (Å²) in [6, 6.07) is 0. The van der Waals surface area contributed by atoms with Gasteiger partial charge in [-0.2, -0.15) is 0 Å². The second kappa shape index (κ2) is 85.7. The molecule has 8 nitrogen and oxygen atoms in total. The van der Waals surface area contributed by atoms with Gasteiger partial charge in [-0.1, -0.05) is 387 Å². The van der Waals surface area contributed by atoms with E-state index in [2.05, 4.69) is 27.7 Å². The average molecular weight is 1280 g/mol. The molecule has 1 N–H and O–H groups in total. The standard InChI is InChI=1S/4C18H36O2.Nd/c4*1-2-3-4-5-6-7-8-9-10-11-12-13-14-15-16-17-18(19)20;/h4*2-17H2,1H3,(H,19,20);/q;;;;+3/p-3. The predicted octanol–water partition coefficient (Wildman–Crippen LogP) is 21.3. The zero-order valence-corrected chi connectivity index (χ0v) is 58.3. The fraction of sp³-hybridized carbons (Fsp3) is 0.944. The Morgan fingerprint density at radius 2 is 0.296 bits per heavy atom. The van der Waals surface area contributed by atoms with E-state index in [1.807, 2.05) is 0 Å². The minimum absolute atomic E-state index is 0. The molecule has 0 aromatic carbocycles. The molecular formula is C72H141NdO8. The van der Waals surface area contributed by atoms with Crippen molar-refractivity contribution in [3.8, 4) is 0 Å². The minimum atomic E-state index is -0.903. The van der Waals surface area contributed by atoms with E-state index in [-0.39, 0.29) is 60.1 Å². The molecule has 0 unspecified atom stereocenters. The van der Waals surface area contributed by atoms with Crippen molar-refractivity contribution < 1.29 is 80.4 Å². The number of hydrogen-bond donors (Lipinski definition) is 1. The molecule has 0 saturated heterocycles. The number of hydrogen-bond acceptors (Lipinski definition) is 7. The summed E-state index contributed by atoms with van der Waals surface area (Å²) in [6.07, 6.45) is 79.8. The molecule has 0 rings (SSSR count). The van der Waals surface area contributed by atoms with Crippen molar-refractivity contribution >= 4 is 23.9 Å². The van der Waals surface area contributed by atoms with Crippen molar-refractivity contribution in [3.63, 3.8) is 0 Å². The molecule has 1 radical (unpaired) electrons. The van der Waals surface area contributed by atoms with Gasteiger partial charge in [-0.25, -0.2) is 0 Å². The zero-order chi connectivity index (χ0) is 59.6. The third kappa shape index (κ3) is 105. The van der Waals surface area contributed by atoms with E-state index in [0.717, 1.165) is 51.4 Å². The summed E-state index contributed by atoms with van der Waals surface area (Å²) in [6.45, 7) is 9.07. The Kier molecular flexibility index (Phi) is 94.1. The SMILES string of the molecule is CCCCCCCCCCCCCCCCCC(=O)O.CCCCCCCCCCCCCCCCCC(=O)[O-].CCCCCCCCCCCCCCCCCC(=O)[O-].CCCCCCCCCCCCCCCCCC(=O)[O-].[Nd+3]. The summed E-state index contributed by atoms with van der Waals surface area (Å²) in [5.74, 6) is -3.36. The maximum absolute atomic E-state index is 10.3. The summed E-state index contributed by atoms with van der Waals surface area (Å²) in [4.78, 5) is 41.0. The number of unbranched alkanes of at least 4 members (excludes halogenated alkanes) is 56. The van der Waals surface area contributed by atoms with E-state index in [9.17, 15) is 34.5 Å². The first-order valence-corrected chi connectivity index (χ1v) is 35.9. The molecule has 0 spiro atoms. The molecule has 0 aromatic rings. The fourth-order valence-corrected chi connectivity index (χ4v) is 10.6. The number of rotatable bonds is 64. The van der Waals surface area contributed by atoms with Crippen molar-refractivity contribution in [2.45, 2.75) is 439 Å². The summed E-state index contributed by atoms with van der Waals surface area (Å²) in [5, 5.41) is 39.2. The van der Waals surface area contributed by atoms with Gasteiger partial charge in [0, 0.05) is 24.3 Å². The molecule has 0 heterocycles. The largest absolute Gasteiger partial charge is 3.00 e. The molecule has 0 atom stereocenters. The first-order chi connectivity index (χ1) is 39.1. The summed E-state index contributed by atoms with van der Waals surface area (Å²) in [5.41, 5.74) is 0. The third-order valence-corrected chi connectivity index (χ3v) is 15.9. The van der Waals surface area contributed by atoms with Crippen molar-refractivity contribution in [2.24, 2.45) is 0 Å². The van der Waals surface area contributed by atoms with Gasteiger partial charge in [0.1, 0.15) is 0 Å². The first kappa shape index (κ1) is 89.0. The normalized spacial score (nSPS) is 10.7. The van der Waals surface area contributed by atoms with Crippen LogP contribution in [0, 0.1) is 40.8 Å². The van der Waals surface area contributed by atoms with E-state index in [1.54, 1.807) is 0 Å². The van der Waals surface area contributed by atoms with Crippen LogP contribution in [0.3, 0.4) is 0 Å². The molecule has 0 amide bonds. The van der Waals surface area contributed by atoms with Crippen LogP contribution in [0.15, 0.2) is 0 Å². The molecule has 9 heteroatoms. The molecule has 0 bridgehead atoms.